The highest BCUT2D eigenvalue weighted by Gasteiger charge is 2.14. The normalized spacial score (nSPS) is 12.6. The Morgan fingerprint density at radius 2 is 2.10 bits per heavy atom. The molecule has 0 radical (unpaired) electrons. The Bertz CT molecular complexity index is 512. The van der Waals surface area contributed by atoms with Crippen molar-refractivity contribution in [1.82, 2.24) is 5.32 Å². The molecule has 1 aromatic carbocycles. The van der Waals surface area contributed by atoms with Gasteiger partial charge in [-0.25, -0.2) is 0 Å². The number of nitro benzene ring substituents is 1. The molecule has 0 bridgehead atoms. The zero-order valence-electron chi connectivity index (χ0n) is 11.4. The second-order valence-electron chi connectivity index (χ2n) is 4.69. The summed E-state index contributed by atoms with van der Waals surface area (Å²) in [5, 5.41) is 22.6. The maximum atomic E-state index is 11.7. The quantitative estimate of drug-likeness (QED) is 0.471. The van der Waals surface area contributed by atoms with E-state index in [1.165, 1.54) is 18.2 Å². The van der Waals surface area contributed by atoms with Gasteiger partial charge in [-0.1, -0.05) is 26.0 Å². The lowest BCUT2D eigenvalue weighted by Crippen LogP contribution is -2.40. The molecule has 0 fully saturated rings. The number of nitro groups is 1. The summed E-state index contributed by atoms with van der Waals surface area (Å²) in [6, 6.07) is 5.83. The molecule has 0 saturated carbocycles. The molecule has 1 unspecified atom stereocenters. The fourth-order valence-electron chi connectivity index (χ4n) is 1.61. The third kappa shape index (κ3) is 4.47. The van der Waals surface area contributed by atoms with Crippen molar-refractivity contribution in [3.05, 3.63) is 46.0 Å². The van der Waals surface area contributed by atoms with Crippen molar-refractivity contribution in [2.24, 2.45) is 5.92 Å². The van der Waals surface area contributed by atoms with E-state index in [1.54, 1.807) is 18.2 Å². The Hall–Kier alpha value is -2.21. The molecule has 2 N–H and O–H groups in total. The molecule has 0 heterocycles. The highest BCUT2D eigenvalue weighted by atomic mass is 16.6. The average Bonchev–Trinajstić information content (AvgIpc) is 2.42. The molecule has 0 aliphatic rings. The van der Waals surface area contributed by atoms with Crippen molar-refractivity contribution in [2.75, 3.05) is 6.61 Å². The number of benzene rings is 1. The third-order valence-electron chi connectivity index (χ3n) is 2.88. The number of nitrogens with zero attached hydrogens (tertiary/aromatic N) is 1. The van der Waals surface area contributed by atoms with Crippen LogP contribution in [0.5, 0.6) is 0 Å². The Kier molecular flexibility index (Phi) is 5.86. The Morgan fingerprint density at radius 1 is 1.45 bits per heavy atom. The minimum atomic E-state index is -0.498. The van der Waals surface area contributed by atoms with Crippen LogP contribution in [0.25, 0.3) is 6.08 Å². The van der Waals surface area contributed by atoms with Gasteiger partial charge in [0.2, 0.25) is 5.91 Å². The minimum absolute atomic E-state index is 0.0564. The molecule has 20 heavy (non-hydrogen) atoms. The average molecular weight is 278 g/mol. The first-order chi connectivity index (χ1) is 9.45. The summed E-state index contributed by atoms with van der Waals surface area (Å²) in [6.45, 7) is 3.61. The number of aliphatic hydroxyl groups is 1. The highest BCUT2D eigenvalue weighted by molar-refractivity contribution is 5.92. The number of amides is 1. The molecule has 6 heteroatoms. The van der Waals surface area contributed by atoms with Crippen LogP contribution in [0, 0.1) is 16.0 Å². The SMILES string of the molecule is CC(C)C(CO)NC(=O)C=Cc1ccccc1[N+](=O)[O-]. The first-order valence-corrected chi connectivity index (χ1v) is 6.28. The van der Waals surface area contributed by atoms with Crippen LogP contribution in [0.2, 0.25) is 0 Å². The van der Waals surface area contributed by atoms with Crippen molar-refractivity contribution in [3.8, 4) is 0 Å². The Balaban J connectivity index is 2.78. The van der Waals surface area contributed by atoms with Gasteiger partial charge in [0.25, 0.3) is 5.69 Å². The van der Waals surface area contributed by atoms with E-state index in [9.17, 15) is 14.9 Å². The van der Waals surface area contributed by atoms with Gasteiger partial charge in [0.15, 0.2) is 0 Å². The molecule has 1 aromatic rings. The number of carbonyl (C=O) groups excluding carboxylic acids is 1. The maximum Gasteiger partial charge on any atom is 0.276 e. The van der Waals surface area contributed by atoms with Crippen LogP contribution >= 0.6 is 0 Å². The van der Waals surface area contributed by atoms with Crippen molar-refractivity contribution >= 4 is 17.7 Å². The minimum Gasteiger partial charge on any atom is -0.394 e. The van der Waals surface area contributed by atoms with Crippen LogP contribution in [0.15, 0.2) is 30.3 Å². The predicted octanol–water partition coefficient (Wildman–Crippen LogP) is 1.74. The van der Waals surface area contributed by atoms with Crippen molar-refractivity contribution in [3.63, 3.8) is 0 Å². The lowest BCUT2D eigenvalue weighted by atomic mass is 10.1. The van der Waals surface area contributed by atoms with E-state index in [-0.39, 0.29) is 24.3 Å². The number of hydrogen-bond donors (Lipinski definition) is 2. The number of hydrogen-bond acceptors (Lipinski definition) is 4. The van der Waals surface area contributed by atoms with Gasteiger partial charge in [-0.3, -0.25) is 14.9 Å². The molecule has 0 spiro atoms. The number of nitrogens with one attached hydrogen (secondary N) is 1. The van der Waals surface area contributed by atoms with Crippen molar-refractivity contribution in [2.45, 2.75) is 19.9 Å². The summed E-state index contributed by atoms with van der Waals surface area (Å²) in [7, 11) is 0. The van der Waals surface area contributed by atoms with Gasteiger partial charge < -0.3 is 10.4 Å². The van der Waals surface area contributed by atoms with Gasteiger partial charge in [0, 0.05) is 12.1 Å². The zero-order chi connectivity index (χ0) is 15.1. The monoisotopic (exact) mass is 278 g/mol. The van der Waals surface area contributed by atoms with E-state index in [4.69, 9.17) is 5.11 Å². The third-order valence-corrected chi connectivity index (χ3v) is 2.88. The maximum absolute atomic E-state index is 11.7. The second-order valence-corrected chi connectivity index (χ2v) is 4.69. The summed E-state index contributed by atoms with van der Waals surface area (Å²) in [6.07, 6.45) is 2.62. The van der Waals surface area contributed by atoms with Crippen LogP contribution in [-0.2, 0) is 4.79 Å². The van der Waals surface area contributed by atoms with Crippen molar-refractivity contribution in [1.29, 1.82) is 0 Å². The summed E-state index contributed by atoms with van der Waals surface area (Å²) < 4.78 is 0. The molecular weight excluding hydrogens is 260 g/mol. The largest absolute Gasteiger partial charge is 0.394 e. The van der Waals surface area contributed by atoms with Crippen LogP contribution in [-0.4, -0.2) is 28.6 Å². The Labute approximate surface area is 117 Å². The molecule has 6 nitrogen and oxygen atoms in total. The standard InChI is InChI=1S/C14H18N2O4/c1-10(2)12(9-17)15-14(18)8-7-11-5-3-4-6-13(11)16(19)20/h3-8,10,12,17H,9H2,1-2H3,(H,15,18). The van der Waals surface area contributed by atoms with E-state index < -0.39 is 10.8 Å². The smallest absolute Gasteiger partial charge is 0.276 e. The lowest BCUT2D eigenvalue weighted by Gasteiger charge is -2.18. The zero-order valence-corrected chi connectivity index (χ0v) is 11.4. The molecule has 1 amide bonds. The lowest BCUT2D eigenvalue weighted by molar-refractivity contribution is -0.385. The molecule has 1 rings (SSSR count). The van der Waals surface area contributed by atoms with Gasteiger partial charge in [-0.2, -0.15) is 0 Å². The molecule has 0 saturated heterocycles. The van der Waals surface area contributed by atoms with Crippen LogP contribution in [0.3, 0.4) is 0 Å². The van der Waals surface area contributed by atoms with Gasteiger partial charge in [0.1, 0.15) is 0 Å². The molecule has 1 atom stereocenters. The number of carbonyl (C=O) groups is 1. The fraction of sp³-hybridized carbons (Fsp3) is 0.357. The number of rotatable bonds is 6. The topological polar surface area (TPSA) is 92.5 Å². The van der Waals surface area contributed by atoms with Crippen LogP contribution < -0.4 is 5.32 Å². The summed E-state index contributed by atoms with van der Waals surface area (Å²) in [4.78, 5) is 22.0. The van der Waals surface area contributed by atoms with Gasteiger partial charge in [0.05, 0.1) is 23.1 Å². The highest BCUT2D eigenvalue weighted by Crippen LogP contribution is 2.18. The van der Waals surface area contributed by atoms with E-state index in [2.05, 4.69) is 5.32 Å². The van der Waals surface area contributed by atoms with Gasteiger partial charge >= 0.3 is 0 Å². The molecule has 0 aliphatic carbocycles. The fourth-order valence-corrected chi connectivity index (χ4v) is 1.61. The first-order valence-electron chi connectivity index (χ1n) is 6.28. The van der Waals surface area contributed by atoms with Crippen LogP contribution in [0.4, 0.5) is 5.69 Å². The van der Waals surface area contributed by atoms with Crippen molar-refractivity contribution < 1.29 is 14.8 Å². The van der Waals surface area contributed by atoms with E-state index in [0.717, 1.165) is 0 Å². The first kappa shape index (κ1) is 15.8. The van der Waals surface area contributed by atoms with E-state index in [0.29, 0.717) is 5.56 Å². The molecule has 0 aliphatic heterocycles. The van der Waals surface area contributed by atoms with E-state index >= 15 is 0 Å². The van der Waals surface area contributed by atoms with Crippen LogP contribution in [0.1, 0.15) is 19.4 Å². The Morgan fingerprint density at radius 3 is 2.65 bits per heavy atom. The number of para-hydroxylation sites is 1. The summed E-state index contributed by atoms with van der Waals surface area (Å²) >= 11 is 0. The number of aliphatic hydroxyl groups excluding tert-OH is 1. The molecule has 0 aromatic heterocycles. The summed E-state index contributed by atoms with van der Waals surface area (Å²) in [5.74, 6) is -0.292. The predicted molar refractivity (Wildman–Crippen MR) is 76.0 cm³/mol. The molecule has 108 valence electrons. The summed E-state index contributed by atoms with van der Waals surface area (Å²) in [5.41, 5.74) is 0.303. The van der Waals surface area contributed by atoms with Gasteiger partial charge in [-0.15, -0.1) is 0 Å². The molecular formula is C14H18N2O4. The van der Waals surface area contributed by atoms with Gasteiger partial charge in [-0.05, 0) is 18.1 Å². The van der Waals surface area contributed by atoms with E-state index in [1.807, 2.05) is 13.8 Å². The second kappa shape index (κ2) is 7.40.